The number of imide groups is 1. The molecule has 2 amide bonds. The van der Waals surface area contributed by atoms with E-state index in [1.807, 2.05) is 25.1 Å². The van der Waals surface area contributed by atoms with Crippen molar-refractivity contribution in [3.05, 3.63) is 48.0 Å². The molecule has 9 heteroatoms. The zero-order valence-electron chi connectivity index (χ0n) is 16.2. The number of carbonyl (C=O) groups is 2. The van der Waals surface area contributed by atoms with Gasteiger partial charge >= 0.3 is 0 Å². The van der Waals surface area contributed by atoms with Crippen LogP contribution in [-0.4, -0.2) is 40.5 Å². The molecule has 0 spiro atoms. The molecule has 2 aromatic rings. The number of aryl methyl sites for hydroxylation is 1. The van der Waals surface area contributed by atoms with Crippen molar-refractivity contribution in [3.63, 3.8) is 0 Å². The summed E-state index contributed by atoms with van der Waals surface area (Å²) >= 11 is 0. The van der Waals surface area contributed by atoms with Crippen LogP contribution in [0, 0.1) is 6.92 Å². The first kappa shape index (κ1) is 20.8. The SMILES string of the molecule is COc1ccc(S(=O)(=O)NCCOc2cccc(C)c2)cc1N1C(=O)CCC1=O. The van der Waals surface area contributed by atoms with Crippen LogP contribution in [0.4, 0.5) is 5.69 Å². The smallest absolute Gasteiger partial charge is 0.240 e. The van der Waals surface area contributed by atoms with E-state index in [2.05, 4.69) is 4.72 Å². The first-order chi connectivity index (χ1) is 13.8. The second-order valence-electron chi connectivity index (χ2n) is 6.52. The number of hydrogen-bond acceptors (Lipinski definition) is 6. The van der Waals surface area contributed by atoms with Gasteiger partial charge in [-0.05, 0) is 42.8 Å². The molecule has 1 fully saturated rings. The van der Waals surface area contributed by atoms with Gasteiger partial charge in [-0.1, -0.05) is 12.1 Å². The lowest BCUT2D eigenvalue weighted by molar-refractivity contribution is -0.121. The van der Waals surface area contributed by atoms with Crippen molar-refractivity contribution >= 4 is 27.5 Å². The topological polar surface area (TPSA) is 102 Å². The number of methoxy groups -OCH3 is 1. The average molecular weight is 418 g/mol. The molecular formula is C20H22N2O6S. The van der Waals surface area contributed by atoms with Crippen molar-refractivity contribution in [2.45, 2.75) is 24.7 Å². The third-order valence-corrected chi connectivity index (χ3v) is 5.86. The van der Waals surface area contributed by atoms with Gasteiger partial charge in [-0.15, -0.1) is 0 Å². The highest BCUT2D eigenvalue weighted by Gasteiger charge is 2.33. The van der Waals surface area contributed by atoms with E-state index in [1.54, 1.807) is 6.07 Å². The van der Waals surface area contributed by atoms with Crippen molar-refractivity contribution < 1.29 is 27.5 Å². The Kier molecular flexibility index (Phi) is 6.19. The van der Waals surface area contributed by atoms with Crippen LogP contribution in [0.25, 0.3) is 0 Å². The summed E-state index contributed by atoms with van der Waals surface area (Å²) in [5.74, 6) is 0.127. The zero-order valence-corrected chi connectivity index (χ0v) is 17.0. The number of nitrogens with zero attached hydrogens (tertiary/aromatic N) is 1. The highest BCUT2D eigenvalue weighted by Crippen LogP contribution is 2.34. The molecule has 0 aromatic heterocycles. The van der Waals surface area contributed by atoms with Crippen LogP contribution >= 0.6 is 0 Å². The first-order valence-corrected chi connectivity index (χ1v) is 10.5. The number of rotatable bonds is 8. The number of anilines is 1. The number of benzene rings is 2. The van der Waals surface area contributed by atoms with Gasteiger partial charge in [0.15, 0.2) is 0 Å². The number of sulfonamides is 1. The number of amides is 2. The molecular weight excluding hydrogens is 396 g/mol. The van der Waals surface area contributed by atoms with Gasteiger partial charge in [-0.2, -0.15) is 0 Å². The fourth-order valence-electron chi connectivity index (χ4n) is 2.99. The summed E-state index contributed by atoms with van der Waals surface area (Å²) < 4.78 is 38.5. The molecule has 154 valence electrons. The maximum absolute atomic E-state index is 12.6. The number of carbonyl (C=O) groups excluding carboxylic acids is 2. The van der Waals surface area contributed by atoms with Crippen LogP contribution in [0.5, 0.6) is 11.5 Å². The maximum Gasteiger partial charge on any atom is 0.240 e. The summed E-state index contributed by atoms with van der Waals surface area (Å²) in [6.07, 6.45) is 0.182. The van der Waals surface area contributed by atoms with E-state index in [-0.39, 0.29) is 54.1 Å². The number of nitrogens with one attached hydrogen (secondary N) is 1. The fraction of sp³-hybridized carbons (Fsp3) is 0.300. The summed E-state index contributed by atoms with van der Waals surface area (Å²) in [6, 6.07) is 11.5. The fourth-order valence-corrected chi connectivity index (χ4v) is 4.02. The van der Waals surface area contributed by atoms with Crippen LogP contribution in [0.15, 0.2) is 47.4 Å². The van der Waals surface area contributed by atoms with Crippen LogP contribution in [0.2, 0.25) is 0 Å². The predicted molar refractivity (Wildman–Crippen MR) is 107 cm³/mol. The molecule has 0 aliphatic carbocycles. The molecule has 29 heavy (non-hydrogen) atoms. The minimum absolute atomic E-state index is 0.0548. The summed E-state index contributed by atoms with van der Waals surface area (Å²) in [6.45, 7) is 2.14. The monoisotopic (exact) mass is 418 g/mol. The quantitative estimate of drug-likeness (QED) is 0.520. The summed E-state index contributed by atoms with van der Waals surface area (Å²) in [4.78, 5) is 25.0. The maximum atomic E-state index is 12.6. The third-order valence-electron chi connectivity index (χ3n) is 4.41. The van der Waals surface area contributed by atoms with Crippen molar-refractivity contribution in [3.8, 4) is 11.5 Å². The molecule has 0 atom stereocenters. The van der Waals surface area contributed by atoms with Gasteiger partial charge in [0.05, 0.1) is 17.7 Å². The molecule has 3 rings (SSSR count). The first-order valence-electron chi connectivity index (χ1n) is 9.05. The van der Waals surface area contributed by atoms with Gasteiger partial charge in [0.1, 0.15) is 18.1 Å². The van der Waals surface area contributed by atoms with E-state index in [0.29, 0.717) is 5.75 Å². The molecule has 1 aliphatic heterocycles. The molecule has 1 saturated heterocycles. The van der Waals surface area contributed by atoms with Crippen molar-refractivity contribution in [1.82, 2.24) is 4.72 Å². The van der Waals surface area contributed by atoms with Gasteiger partial charge < -0.3 is 9.47 Å². The minimum Gasteiger partial charge on any atom is -0.495 e. The molecule has 2 aromatic carbocycles. The van der Waals surface area contributed by atoms with Gasteiger partial charge in [0.25, 0.3) is 0 Å². The summed E-state index contributed by atoms with van der Waals surface area (Å²) in [5.41, 5.74) is 1.17. The average Bonchev–Trinajstić information content (AvgIpc) is 3.03. The van der Waals surface area contributed by atoms with Gasteiger partial charge in [0, 0.05) is 19.4 Å². The lowest BCUT2D eigenvalue weighted by Crippen LogP contribution is -2.30. The zero-order chi connectivity index (χ0) is 21.0. The Morgan fingerprint density at radius 1 is 1.07 bits per heavy atom. The molecule has 1 aliphatic rings. The second-order valence-corrected chi connectivity index (χ2v) is 8.29. The summed E-state index contributed by atoms with van der Waals surface area (Å²) in [7, 11) is -2.48. The largest absolute Gasteiger partial charge is 0.495 e. The Bertz CT molecular complexity index is 1020. The molecule has 0 radical (unpaired) electrons. The predicted octanol–water partition coefficient (Wildman–Crippen LogP) is 2.01. The highest BCUT2D eigenvalue weighted by molar-refractivity contribution is 7.89. The third kappa shape index (κ3) is 4.75. The number of hydrogen-bond donors (Lipinski definition) is 1. The van der Waals surface area contributed by atoms with Crippen LogP contribution < -0.4 is 19.1 Å². The Balaban J connectivity index is 1.72. The van der Waals surface area contributed by atoms with Crippen molar-refractivity contribution in [2.75, 3.05) is 25.2 Å². The molecule has 0 unspecified atom stereocenters. The Hall–Kier alpha value is -2.91. The van der Waals surface area contributed by atoms with Crippen molar-refractivity contribution in [2.24, 2.45) is 0 Å². The van der Waals surface area contributed by atoms with E-state index < -0.39 is 10.0 Å². The summed E-state index contributed by atoms with van der Waals surface area (Å²) in [5, 5.41) is 0. The Labute approximate surface area is 169 Å². The van der Waals surface area contributed by atoms with E-state index >= 15 is 0 Å². The molecule has 0 bridgehead atoms. The van der Waals surface area contributed by atoms with E-state index in [0.717, 1.165) is 10.5 Å². The number of ether oxygens (including phenoxy) is 2. The second kappa shape index (κ2) is 8.62. The van der Waals surface area contributed by atoms with E-state index in [4.69, 9.17) is 9.47 Å². The van der Waals surface area contributed by atoms with Crippen molar-refractivity contribution in [1.29, 1.82) is 0 Å². The standard InChI is InChI=1S/C20H22N2O6S/c1-14-4-3-5-15(12-14)28-11-10-21-29(25,26)16-6-7-18(27-2)17(13-16)22-19(23)8-9-20(22)24/h3-7,12-13,21H,8-11H2,1-2H3. The van der Waals surface area contributed by atoms with E-state index in [9.17, 15) is 18.0 Å². The van der Waals surface area contributed by atoms with Gasteiger partial charge in [-0.3, -0.25) is 9.59 Å². The molecule has 8 nitrogen and oxygen atoms in total. The Morgan fingerprint density at radius 3 is 2.45 bits per heavy atom. The van der Waals surface area contributed by atoms with Crippen LogP contribution in [0.1, 0.15) is 18.4 Å². The van der Waals surface area contributed by atoms with Crippen LogP contribution in [-0.2, 0) is 19.6 Å². The Morgan fingerprint density at radius 2 is 1.79 bits per heavy atom. The molecule has 0 saturated carbocycles. The molecule has 1 heterocycles. The molecule has 1 N–H and O–H groups in total. The van der Waals surface area contributed by atoms with Gasteiger partial charge in [0.2, 0.25) is 21.8 Å². The minimum atomic E-state index is -3.87. The van der Waals surface area contributed by atoms with Gasteiger partial charge in [-0.25, -0.2) is 18.0 Å². The van der Waals surface area contributed by atoms with E-state index in [1.165, 1.54) is 25.3 Å². The van der Waals surface area contributed by atoms with Crippen LogP contribution in [0.3, 0.4) is 0 Å². The lowest BCUT2D eigenvalue weighted by Gasteiger charge is -2.18. The normalized spacial score (nSPS) is 14.3. The lowest BCUT2D eigenvalue weighted by atomic mass is 10.2. The highest BCUT2D eigenvalue weighted by atomic mass is 32.2.